The molecule has 6 heterocycles. The number of piperidine rings is 1. The van der Waals surface area contributed by atoms with Gasteiger partial charge in [-0.1, -0.05) is 0 Å². The second-order valence-electron chi connectivity index (χ2n) is 8.62. The molecule has 0 bridgehead atoms. The van der Waals surface area contributed by atoms with Crippen LogP contribution < -0.4 is 11.2 Å². The van der Waals surface area contributed by atoms with Crippen molar-refractivity contribution in [1.29, 1.82) is 0 Å². The summed E-state index contributed by atoms with van der Waals surface area (Å²) in [7, 11) is 0. The number of aliphatic hydroxyl groups excluding tert-OH is 1. The molecule has 35 heavy (non-hydrogen) atoms. The van der Waals surface area contributed by atoms with Crippen LogP contribution in [0.4, 0.5) is 0 Å². The number of aromatic nitrogens is 6. The molecule has 0 aromatic carbocycles. The fraction of sp³-hybridized carbons (Fsp3) is 0.250. The fourth-order valence-electron chi connectivity index (χ4n) is 4.85. The van der Waals surface area contributed by atoms with Gasteiger partial charge in [0.05, 0.1) is 22.1 Å². The number of rotatable bonds is 3. The Labute approximate surface area is 197 Å². The first kappa shape index (κ1) is 21.2. The lowest BCUT2D eigenvalue weighted by molar-refractivity contribution is -0.135. The average molecular weight is 471 g/mol. The van der Waals surface area contributed by atoms with Crippen molar-refractivity contribution in [2.45, 2.75) is 18.9 Å². The number of H-pyrrole nitrogens is 2. The summed E-state index contributed by atoms with van der Waals surface area (Å²) in [5, 5.41) is 10.4. The van der Waals surface area contributed by atoms with E-state index in [1.165, 1.54) is 6.20 Å². The van der Waals surface area contributed by atoms with Gasteiger partial charge >= 0.3 is 5.69 Å². The van der Waals surface area contributed by atoms with E-state index in [9.17, 15) is 14.4 Å². The van der Waals surface area contributed by atoms with Crippen LogP contribution in [0, 0.1) is 0 Å². The Hall–Kier alpha value is -4.38. The molecule has 0 aliphatic carbocycles. The Morgan fingerprint density at radius 3 is 2.74 bits per heavy atom. The van der Waals surface area contributed by atoms with E-state index in [1.54, 1.807) is 15.7 Å². The monoisotopic (exact) mass is 471 g/mol. The molecule has 11 heteroatoms. The number of fused-ring (bicyclic) bond motifs is 4. The molecular formula is C24H21N7O4. The lowest BCUT2D eigenvalue weighted by atomic mass is 10.0. The Morgan fingerprint density at radius 2 is 1.94 bits per heavy atom. The summed E-state index contributed by atoms with van der Waals surface area (Å²) in [4.78, 5) is 58.4. The molecule has 1 saturated heterocycles. The molecular weight excluding hydrogens is 450 g/mol. The molecule has 176 valence electrons. The molecule has 11 nitrogen and oxygen atoms in total. The minimum Gasteiger partial charge on any atom is -0.387 e. The van der Waals surface area contributed by atoms with Crippen LogP contribution in [0.15, 0.2) is 52.4 Å². The third kappa shape index (κ3) is 3.48. The summed E-state index contributed by atoms with van der Waals surface area (Å²) in [6.07, 6.45) is 6.01. The van der Waals surface area contributed by atoms with Gasteiger partial charge in [0.2, 0.25) is 5.91 Å². The van der Waals surface area contributed by atoms with Crippen molar-refractivity contribution in [3.8, 4) is 11.3 Å². The van der Waals surface area contributed by atoms with Crippen LogP contribution in [0.5, 0.6) is 0 Å². The van der Waals surface area contributed by atoms with Gasteiger partial charge in [-0.25, -0.2) is 14.8 Å². The molecule has 3 N–H and O–H groups in total. The summed E-state index contributed by atoms with van der Waals surface area (Å²) in [6, 6.07) is 7.30. The van der Waals surface area contributed by atoms with Crippen molar-refractivity contribution >= 4 is 38.9 Å². The Balaban J connectivity index is 1.53. The molecule has 1 amide bonds. The van der Waals surface area contributed by atoms with Gasteiger partial charge in [-0.15, -0.1) is 0 Å². The molecule has 1 fully saturated rings. The average Bonchev–Trinajstić information content (AvgIpc) is 3.36. The van der Waals surface area contributed by atoms with Crippen molar-refractivity contribution in [2.24, 2.45) is 0 Å². The van der Waals surface area contributed by atoms with Crippen LogP contribution in [-0.4, -0.2) is 65.1 Å². The highest BCUT2D eigenvalue weighted by atomic mass is 16.3. The number of hydrogen-bond acceptors (Lipinski definition) is 7. The van der Waals surface area contributed by atoms with Crippen LogP contribution in [0.2, 0.25) is 0 Å². The highest BCUT2D eigenvalue weighted by Gasteiger charge is 2.26. The Kier molecular flexibility index (Phi) is 4.92. The lowest BCUT2D eigenvalue weighted by Crippen LogP contribution is -2.43. The molecule has 1 aliphatic rings. The largest absolute Gasteiger partial charge is 0.387 e. The van der Waals surface area contributed by atoms with Gasteiger partial charge in [0, 0.05) is 48.7 Å². The van der Waals surface area contributed by atoms with Gasteiger partial charge in [-0.05, 0) is 37.1 Å². The van der Waals surface area contributed by atoms with E-state index in [-0.39, 0.29) is 17.3 Å². The van der Waals surface area contributed by atoms with E-state index >= 15 is 0 Å². The minimum atomic E-state index is -0.543. The van der Waals surface area contributed by atoms with Crippen LogP contribution >= 0.6 is 0 Å². The molecule has 5 aromatic rings. The van der Waals surface area contributed by atoms with Crippen molar-refractivity contribution in [2.75, 3.05) is 19.7 Å². The molecule has 0 atom stereocenters. The maximum atomic E-state index is 13.1. The number of aliphatic hydroxyl groups is 1. The normalized spacial score (nSPS) is 14.8. The Morgan fingerprint density at radius 1 is 1.11 bits per heavy atom. The maximum Gasteiger partial charge on any atom is 0.329 e. The van der Waals surface area contributed by atoms with E-state index in [0.717, 1.165) is 16.6 Å². The number of pyridine rings is 3. The molecule has 0 spiro atoms. The van der Waals surface area contributed by atoms with E-state index in [1.807, 2.05) is 30.5 Å². The topological polar surface area (TPSA) is 150 Å². The summed E-state index contributed by atoms with van der Waals surface area (Å²) >= 11 is 0. The predicted octanol–water partition coefficient (Wildman–Crippen LogP) is 1.33. The quantitative estimate of drug-likeness (QED) is 0.336. The summed E-state index contributed by atoms with van der Waals surface area (Å²) in [6.45, 7) is 0.265. The van der Waals surface area contributed by atoms with Gasteiger partial charge in [0.25, 0.3) is 5.56 Å². The van der Waals surface area contributed by atoms with Crippen molar-refractivity contribution in [3.63, 3.8) is 0 Å². The number of likely N-dealkylation sites (tertiary alicyclic amines) is 1. The van der Waals surface area contributed by atoms with E-state index in [2.05, 4.69) is 19.9 Å². The molecule has 1 aliphatic heterocycles. The molecule has 0 radical (unpaired) electrons. The van der Waals surface area contributed by atoms with Crippen LogP contribution in [0.25, 0.3) is 44.2 Å². The first-order valence-corrected chi connectivity index (χ1v) is 11.3. The smallest absolute Gasteiger partial charge is 0.329 e. The number of carbonyl (C=O) groups is 1. The van der Waals surface area contributed by atoms with Crippen LogP contribution in [0.3, 0.4) is 0 Å². The number of amides is 1. The summed E-state index contributed by atoms with van der Waals surface area (Å²) in [5.74, 6) is -0.337. The highest BCUT2D eigenvalue weighted by Crippen LogP contribution is 2.29. The first-order valence-electron chi connectivity index (χ1n) is 11.3. The van der Waals surface area contributed by atoms with Gasteiger partial charge in [0.1, 0.15) is 17.8 Å². The van der Waals surface area contributed by atoms with Crippen molar-refractivity contribution in [1.82, 2.24) is 34.4 Å². The third-order valence-electron chi connectivity index (χ3n) is 6.62. The zero-order valence-corrected chi connectivity index (χ0v) is 18.6. The van der Waals surface area contributed by atoms with Gasteiger partial charge in [-0.2, -0.15) is 0 Å². The third-order valence-corrected chi connectivity index (χ3v) is 6.62. The molecule has 0 saturated carbocycles. The summed E-state index contributed by atoms with van der Waals surface area (Å²) < 4.78 is 1.58. The second kappa shape index (κ2) is 8.13. The van der Waals surface area contributed by atoms with E-state index < -0.39 is 17.9 Å². The zero-order chi connectivity index (χ0) is 24.1. The zero-order valence-electron chi connectivity index (χ0n) is 18.6. The number of hydrogen-bond donors (Lipinski definition) is 3. The summed E-state index contributed by atoms with van der Waals surface area (Å²) in [5.41, 5.74) is 2.60. The SMILES string of the molecule is O=C(CO)N1CCC(n2c(=O)[nH]c(=O)c3cnc4ccc(-c5cnc6[nH]ccc6c5)nc4c32)CC1. The van der Waals surface area contributed by atoms with Gasteiger partial charge < -0.3 is 15.0 Å². The maximum absolute atomic E-state index is 13.1. The number of nitrogens with zero attached hydrogens (tertiary/aromatic N) is 5. The molecule has 6 rings (SSSR count). The minimum absolute atomic E-state index is 0.251. The van der Waals surface area contributed by atoms with Crippen molar-refractivity contribution in [3.05, 3.63) is 63.7 Å². The highest BCUT2D eigenvalue weighted by molar-refractivity contribution is 6.01. The van der Waals surface area contributed by atoms with Crippen molar-refractivity contribution < 1.29 is 9.90 Å². The Bertz CT molecular complexity index is 1730. The molecule has 0 unspecified atom stereocenters. The lowest BCUT2D eigenvalue weighted by Gasteiger charge is -2.33. The van der Waals surface area contributed by atoms with Crippen LogP contribution in [0.1, 0.15) is 18.9 Å². The van der Waals surface area contributed by atoms with E-state index in [4.69, 9.17) is 10.1 Å². The first-order chi connectivity index (χ1) is 17.0. The van der Waals surface area contributed by atoms with Gasteiger partial charge in [-0.3, -0.25) is 24.1 Å². The number of aromatic amines is 2. The second-order valence-corrected chi connectivity index (χ2v) is 8.62. The molecule has 5 aromatic heterocycles. The number of nitrogens with one attached hydrogen (secondary N) is 2. The standard InChI is InChI=1S/C24H21N7O4/c32-12-19(33)30-7-4-15(5-8-30)31-21-16(23(34)29-24(31)35)11-26-18-2-1-17(28-20(18)21)14-9-13-3-6-25-22(13)27-10-14/h1-3,6,9-11,15,32H,4-5,7-8,12H2,(H,25,27)(H,29,34,35). The number of carbonyl (C=O) groups excluding carboxylic acids is 1. The van der Waals surface area contributed by atoms with Crippen LogP contribution in [-0.2, 0) is 4.79 Å². The predicted molar refractivity (Wildman–Crippen MR) is 129 cm³/mol. The fourth-order valence-corrected chi connectivity index (χ4v) is 4.85. The van der Waals surface area contributed by atoms with E-state index in [0.29, 0.717) is 48.2 Å². The van der Waals surface area contributed by atoms with Gasteiger partial charge in [0.15, 0.2) is 0 Å².